The van der Waals surface area contributed by atoms with Gasteiger partial charge >= 0.3 is 0 Å². The summed E-state index contributed by atoms with van der Waals surface area (Å²) in [5, 5.41) is 6.26. The standard InChI is InChI=1S/C27H28N4O3S/c1-19-12-13-24(34-2)22(16-19)29-25(32)17-28-26(33)18-35-27-30-21-10-6-7-11-23(21)31(27)15-14-20-8-4-3-5-9-20/h3-13,16H,14-15,17-18H2,1-2H3,(H,28,33)(H,29,32). The summed E-state index contributed by atoms with van der Waals surface area (Å²) in [4.78, 5) is 29.6. The third kappa shape index (κ3) is 6.42. The number of amides is 2. The van der Waals surface area contributed by atoms with Crippen molar-refractivity contribution in [1.29, 1.82) is 0 Å². The lowest BCUT2D eigenvalue weighted by Gasteiger charge is -2.12. The summed E-state index contributed by atoms with van der Waals surface area (Å²) < 4.78 is 7.43. The Kier molecular flexibility index (Phi) is 8.05. The number of para-hydroxylation sites is 2. The summed E-state index contributed by atoms with van der Waals surface area (Å²) in [6, 6.07) is 23.8. The minimum absolute atomic E-state index is 0.124. The molecule has 0 spiro atoms. The third-order valence-electron chi connectivity index (χ3n) is 5.49. The van der Waals surface area contributed by atoms with Crippen LogP contribution in [0.1, 0.15) is 11.1 Å². The molecule has 35 heavy (non-hydrogen) atoms. The smallest absolute Gasteiger partial charge is 0.243 e. The second kappa shape index (κ2) is 11.6. The molecule has 0 saturated heterocycles. The van der Waals surface area contributed by atoms with E-state index in [1.165, 1.54) is 17.3 Å². The first-order valence-corrected chi connectivity index (χ1v) is 12.3. The Morgan fingerprint density at radius 1 is 1.00 bits per heavy atom. The van der Waals surface area contributed by atoms with E-state index in [-0.39, 0.29) is 24.1 Å². The topological polar surface area (TPSA) is 85.2 Å². The first kappa shape index (κ1) is 24.3. The van der Waals surface area contributed by atoms with E-state index < -0.39 is 0 Å². The molecule has 0 aliphatic carbocycles. The summed E-state index contributed by atoms with van der Waals surface area (Å²) in [7, 11) is 1.55. The lowest BCUT2D eigenvalue weighted by molar-refractivity contribution is -0.122. The fourth-order valence-corrected chi connectivity index (χ4v) is 4.61. The van der Waals surface area contributed by atoms with Crippen LogP contribution in [0.5, 0.6) is 5.75 Å². The highest BCUT2D eigenvalue weighted by Crippen LogP contribution is 2.26. The Bertz CT molecular complexity index is 1320. The Balaban J connectivity index is 1.34. The Morgan fingerprint density at radius 2 is 1.77 bits per heavy atom. The quantitative estimate of drug-likeness (QED) is 0.322. The molecular formula is C27H28N4O3S. The molecule has 0 aliphatic heterocycles. The van der Waals surface area contributed by atoms with E-state index >= 15 is 0 Å². The minimum Gasteiger partial charge on any atom is -0.495 e. The second-order valence-electron chi connectivity index (χ2n) is 8.09. The van der Waals surface area contributed by atoms with Crippen LogP contribution in [-0.4, -0.2) is 40.8 Å². The number of nitrogens with one attached hydrogen (secondary N) is 2. The number of hydrogen-bond donors (Lipinski definition) is 2. The highest BCUT2D eigenvalue weighted by atomic mass is 32.2. The number of methoxy groups -OCH3 is 1. The van der Waals surface area contributed by atoms with E-state index in [0.717, 1.165) is 34.7 Å². The number of nitrogens with zero attached hydrogens (tertiary/aromatic N) is 2. The number of fused-ring (bicyclic) bond motifs is 1. The third-order valence-corrected chi connectivity index (χ3v) is 6.47. The molecule has 0 fully saturated rings. The zero-order valence-electron chi connectivity index (χ0n) is 19.8. The predicted molar refractivity (Wildman–Crippen MR) is 140 cm³/mol. The van der Waals surface area contributed by atoms with Crippen molar-refractivity contribution in [3.05, 3.63) is 83.9 Å². The molecule has 0 atom stereocenters. The Labute approximate surface area is 208 Å². The lowest BCUT2D eigenvalue weighted by atomic mass is 10.1. The zero-order chi connectivity index (χ0) is 24.6. The fraction of sp³-hybridized carbons (Fsp3) is 0.222. The van der Waals surface area contributed by atoms with Crippen molar-refractivity contribution in [2.45, 2.75) is 25.0 Å². The molecule has 0 bridgehead atoms. The van der Waals surface area contributed by atoms with E-state index in [1.807, 2.05) is 61.5 Å². The summed E-state index contributed by atoms with van der Waals surface area (Å²) in [6.45, 7) is 2.57. The van der Waals surface area contributed by atoms with Crippen molar-refractivity contribution in [2.75, 3.05) is 24.7 Å². The van der Waals surface area contributed by atoms with E-state index in [2.05, 4.69) is 27.3 Å². The molecule has 0 unspecified atom stereocenters. The molecule has 0 radical (unpaired) electrons. The predicted octanol–water partition coefficient (Wildman–Crippen LogP) is 4.44. The molecule has 1 heterocycles. The van der Waals surface area contributed by atoms with Gasteiger partial charge in [-0.1, -0.05) is 60.3 Å². The molecule has 7 nitrogen and oxygen atoms in total. The Morgan fingerprint density at radius 3 is 2.57 bits per heavy atom. The highest BCUT2D eigenvalue weighted by Gasteiger charge is 2.14. The molecule has 4 aromatic rings. The summed E-state index contributed by atoms with van der Waals surface area (Å²) in [5.41, 5.74) is 4.76. The highest BCUT2D eigenvalue weighted by molar-refractivity contribution is 7.99. The van der Waals surface area contributed by atoms with Gasteiger partial charge in [0.25, 0.3) is 0 Å². The van der Waals surface area contributed by atoms with Crippen LogP contribution >= 0.6 is 11.8 Å². The largest absolute Gasteiger partial charge is 0.495 e. The van der Waals surface area contributed by atoms with Crippen molar-refractivity contribution in [3.63, 3.8) is 0 Å². The van der Waals surface area contributed by atoms with Crippen molar-refractivity contribution in [2.24, 2.45) is 0 Å². The minimum atomic E-state index is -0.317. The molecule has 2 amide bonds. The van der Waals surface area contributed by atoms with Crippen molar-refractivity contribution in [1.82, 2.24) is 14.9 Å². The van der Waals surface area contributed by atoms with E-state index in [4.69, 9.17) is 9.72 Å². The number of ether oxygens (including phenoxy) is 1. The van der Waals surface area contributed by atoms with Gasteiger partial charge < -0.3 is 19.9 Å². The average Bonchev–Trinajstić information content (AvgIpc) is 3.23. The van der Waals surface area contributed by atoms with Crippen LogP contribution in [-0.2, 0) is 22.6 Å². The van der Waals surface area contributed by atoms with Crippen LogP contribution in [0.25, 0.3) is 11.0 Å². The van der Waals surface area contributed by atoms with Gasteiger partial charge in [-0.05, 0) is 48.7 Å². The van der Waals surface area contributed by atoms with E-state index in [1.54, 1.807) is 13.2 Å². The molecule has 0 saturated carbocycles. The summed E-state index contributed by atoms with van der Waals surface area (Å²) >= 11 is 1.37. The monoisotopic (exact) mass is 488 g/mol. The average molecular weight is 489 g/mol. The molecule has 1 aromatic heterocycles. The first-order chi connectivity index (χ1) is 17.0. The van der Waals surface area contributed by atoms with Crippen LogP contribution < -0.4 is 15.4 Å². The number of hydrogen-bond acceptors (Lipinski definition) is 5. The maximum atomic E-state index is 12.5. The normalized spacial score (nSPS) is 10.8. The molecule has 2 N–H and O–H groups in total. The number of imidazole rings is 1. The molecule has 8 heteroatoms. The first-order valence-electron chi connectivity index (χ1n) is 11.4. The molecule has 180 valence electrons. The SMILES string of the molecule is COc1ccc(C)cc1NC(=O)CNC(=O)CSc1nc2ccccc2n1CCc1ccccc1. The van der Waals surface area contributed by atoms with E-state index in [0.29, 0.717) is 11.4 Å². The van der Waals surface area contributed by atoms with Gasteiger partial charge in [-0.2, -0.15) is 0 Å². The van der Waals surface area contributed by atoms with Gasteiger partial charge in [-0.3, -0.25) is 9.59 Å². The van der Waals surface area contributed by atoms with Gasteiger partial charge in [0.1, 0.15) is 5.75 Å². The number of aromatic nitrogens is 2. The van der Waals surface area contributed by atoms with Crippen LogP contribution in [0, 0.1) is 6.92 Å². The number of benzene rings is 3. The number of aryl methyl sites for hydroxylation is 3. The zero-order valence-corrected chi connectivity index (χ0v) is 20.6. The number of anilines is 1. The van der Waals surface area contributed by atoms with Crippen LogP contribution in [0.15, 0.2) is 78.0 Å². The number of rotatable bonds is 10. The molecule has 3 aromatic carbocycles. The maximum absolute atomic E-state index is 12.5. The Hall–Kier alpha value is -3.78. The summed E-state index contributed by atoms with van der Waals surface area (Å²) in [5.74, 6) is 0.181. The number of thioether (sulfide) groups is 1. The van der Waals surface area contributed by atoms with Crippen molar-refractivity contribution >= 4 is 40.3 Å². The van der Waals surface area contributed by atoms with Gasteiger partial charge in [0, 0.05) is 6.54 Å². The van der Waals surface area contributed by atoms with Gasteiger partial charge in [-0.15, -0.1) is 0 Å². The van der Waals surface area contributed by atoms with Crippen molar-refractivity contribution in [3.8, 4) is 5.75 Å². The number of carbonyl (C=O) groups excluding carboxylic acids is 2. The van der Waals surface area contributed by atoms with Gasteiger partial charge in [0.05, 0.1) is 36.1 Å². The fourth-order valence-electron chi connectivity index (χ4n) is 3.74. The van der Waals surface area contributed by atoms with Gasteiger partial charge in [-0.25, -0.2) is 4.98 Å². The molecule has 0 aliphatic rings. The molecular weight excluding hydrogens is 460 g/mol. The van der Waals surface area contributed by atoms with E-state index in [9.17, 15) is 9.59 Å². The summed E-state index contributed by atoms with van der Waals surface area (Å²) in [6.07, 6.45) is 0.865. The lowest BCUT2D eigenvalue weighted by Crippen LogP contribution is -2.34. The van der Waals surface area contributed by atoms with Crippen molar-refractivity contribution < 1.29 is 14.3 Å². The van der Waals surface area contributed by atoms with Crippen LogP contribution in [0.4, 0.5) is 5.69 Å². The van der Waals surface area contributed by atoms with Crippen LogP contribution in [0.2, 0.25) is 0 Å². The van der Waals surface area contributed by atoms with Gasteiger partial charge in [0.2, 0.25) is 11.8 Å². The van der Waals surface area contributed by atoms with Crippen LogP contribution in [0.3, 0.4) is 0 Å². The molecule has 4 rings (SSSR count). The second-order valence-corrected chi connectivity index (χ2v) is 9.03. The van der Waals surface area contributed by atoms with Gasteiger partial charge in [0.15, 0.2) is 5.16 Å². The number of carbonyl (C=O) groups is 2. The maximum Gasteiger partial charge on any atom is 0.243 e.